The van der Waals surface area contributed by atoms with Gasteiger partial charge >= 0.3 is 0 Å². The fourth-order valence-corrected chi connectivity index (χ4v) is 2.01. The van der Waals surface area contributed by atoms with E-state index in [9.17, 15) is 15.0 Å². The summed E-state index contributed by atoms with van der Waals surface area (Å²) < 4.78 is 0. The molecule has 0 aliphatic carbocycles. The van der Waals surface area contributed by atoms with Crippen LogP contribution in [0.1, 0.15) is 22.8 Å². The van der Waals surface area contributed by atoms with Gasteiger partial charge in [0.25, 0.3) is 5.91 Å². The predicted molar refractivity (Wildman–Crippen MR) is 54.1 cm³/mol. The molecule has 1 aromatic rings. The first-order valence-electron chi connectivity index (χ1n) is 4.77. The van der Waals surface area contributed by atoms with Crippen molar-refractivity contribution in [2.75, 3.05) is 7.05 Å². The molecule has 0 aromatic heterocycles. The summed E-state index contributed by atoms with van der Waals surface area (Å²) in [7, 11) is 1.48. The predicted octanol–water partition coefficient (Wildman–Crippen LogP) is 0.298. The maximum atomic E-state index is 11.8. The van der Waals surface area contributed by atoms with Crippen molar-refractivity contribution in [3.63, 3.8) is 0 Å². The molecule has 4 nitrogen and oxygen atoms in total. The Morgan fingerprint density at radius 3 is 2.60 bits per heavy atom. The summed E-state index contributed by atoms with van der Waals surface area (Å²) in [5, 5.41) is 19.9. The smallest absolute Gasteiger partial charge is 0.256 e. The van der Waals surface area contributed by atoms with Crippen molar-refractivity contribution in [2.45, 2.75) is 18.8 Å². The number of carbonyl (C=O) groups is 1. The Morgan fingerprint density at radius 1 is 1.40 bits per heavy atom. The minimum atomic E-state index is -1.60. The molecule has 2 unspecified atom stereocenters. The van der Waals surface area contributed by atoms with Crippen LogP contribution in [0.4, 0.5) is 0 Å². The highest BCUT2D eigenvalue weighted by molar-refractivity contribution is 5.99. The lowest BCUT2D eigenvalue weighted by atomic mass is 9.97. The lowest BCUT2D eigenvalue weighted by molar-refractivity contribution is -0.147. The normalized spacial score (nSPS) is 26.7. The maximum absolute atomic E-state index is 11.8. The van der Waals surface area contributed by atoms with Crippen molar-refractivity contribution < 1.29 is 15.0 Å². The molecule has 0 bridgehead atoms. The minimum Gasteiger partial charge on any atom is -0.388 e. The number of rotatable bonds is 1. The second-order valence-electron chi connectivity index (χ2n) is 3.81. The third-order valence-corrected chi connectivity index (χ3v) is 2.95. The Kier molecular flexibility index (Phi) is 2.06. The molecule has 0 saturated carbocycles. The summed E-state index contributed by atoms with van der Waals surface area (Å²) in [5.74, 6) is -0.269. The standard InChI is InChI=1S/C11H13NO3/c1-7(13)11(15)9-6-4-3-5-8(9)10(14)12(11)2/h3-7,13,15H,1-2H3. The monoisotopic (exact) mass is 207 g/mol. The number of hydrogen-bond acceptors (Lipinski definition) is 3. The number of carbonyl (C=O) groups excluding carboxylic acids is 1. The van der Waals surface area contributed by atoms with Crippen molar-refractivity contribution in [1.29, 1.82) is 0 Å². The average molecular weight is 207 g/mol. The number of fused-ring (bicyclic) bond motifs is 1. The molecule has 2 N–H and O–H groups in total. The molecule has 1 aromatic carbocycles. The first-order valence-corrected chi connectivity index (χ1v) is 4.77. The van der Waals surface area contributed by atoms with E-state index in [0.717, 1.165) is 0 Å². The van der Waals surface area contributed by atoms with Crippen molar-refractivity contribution >= 4 is 5.91 Å². The summed E-state index contributed by atoms with van der Waals surface area (Å²) in [6.45, 7) is 1.46. The van der Waals surface area contributed by atoms with Crippen LogP contribution in [-0.2, 0) is 5.72 Å². The van der Waals surface area contributed by atoms with E-state index in [1.165, 1.54) is 18.9 Å². The van der Waals surface area contributed by atoms with Crippen molar-refractivity contribution in [2.24, 2.45) is 0 Å². The Labute approximate surface area is 87.8 Å². The van der Waals surface area contributed by atoms with Gasteiger partial charge in [0.1, 0.15) is 6.10 Å². The summed E-state index contributed by atoms with van der Waals surface area (Å²) in [6.07, 6.45) is -1.03. The molecule has 1 aliphatic rings. The average Bonchev–Trinajstić information content (AvgIpc) is 2.43. The van der Waals surface area contributed by atoms with Crippen LogP contribution < -0.4 is 0 Å². The van der Waals surface area contributed by atoms with Gasteiger partial charge in [-0.15, -0.1) is 0 Å². The van der Waals surface area contributed by atoms with Crippen LogP contribution in [0.2, 0.25) is 0 Å². The van der Waals surface area contributed by atoms with Gasteiger partial charge in [0.05, 0.1) is 0 Å². The molecule has 2 atom stereocenters. The zero-order valence-corrected chi connectivity index (χ0v) is 8.64. The third-order valence-electron chi connectivity index (χ3n) is 2.95. The maximum Gasteiger partial charge on any atom is 0.256 e. The van der Waals surface area contributed by atoms with Crippen molar-refractivity contribution in [1.82, 2.24) is 4.90 Å². The van der Waals surface area contributed by atoms with E-state index in [1.54, 1.807) is 24.3 Å². The lowest BCUT2D eigenvalue weighted by Crippen LogP contribution is -2.48. The summed E-state index contributed by atoms with van der Waals surface area (Å²) in [4.78, 5) is 12.9. The van der Waals surface area contributed by atoms with E-state index in [4.69, 9.17) is 0 Å². The van der Waals surface area contributed by atoms with Crippen LogP contribution in [0.5, 0.6) is 0 Å². The summed E-state index contributed by atoms with van der Waals surface area (Å²) >= 11 is 0. The number of benzene rings is 1. The highest BCUT2D eigenvalue weighted by Crippen LogP contribution is 2.38. The van der Waals surface area contributed by atoms with Crippen LogP contribution in [0.15, 0.2) is 24.3 Å². The van der Waals surface area contributed by atoms with Crippen LogP contribution in [0.3, 0.4) is 0 Å². The largest absolute Gasteiger partial charge is 0.388 e. The quantitative estimate of drug-likeness (QED) is 0.696. The van der Waals surface area contributed by atoms with Gasteiger partial charge in [-0.2, -0.15) is 0 Å². The number of likely N-dealkylation sites (N-methyl/N-ethyl adjacent to an activating group) is 1. The van der Waals surface area contributed by atoms with E-state index in [-0.39, 0.29) is 5.91 Å². The number of aliphatic hydroxyl groups is 2. The number of nitrogens with zero attached hydrogens (tertiary/aromatic N) is 1. The molecule has 1 aliphatic heterocycles. The van der Waals surface area contributed by atoms with Gasteiger partial charge in [-0.1, -0.05) is 18.2 Å². The molecular formula is C11H13NO3. The van der Waals surface area contributed by atoms with Crippen LogP contribution >= 0.6 is 0 Å². The molecule has 2 rings (SSSR count). The summed E-state index contributed by atoms with van der Waals surface area (Å²) in [6, 6.07) is 6.77. The highest BCUT2D eigenvalue weighted by atomic mass is 16.4. The topological polar surface area (TPSA) is 60.8 Å². The van der Waals surface area contributed by atoms with E-state index in [2.05, 4.69) is 0 Å². The van der Waals surface area contributed by atoms with E-state index >= 15 is 0 Å². The van der Waals surface area contributed by atoms with Gasteiger partial charge < -0.3 is 15.1 Å². The number of hydrogen-bond donors (Lipinski definition) is 2. The molecule has 1 heterocycles. The lowest BCUT2D eigenvalue weighted by Gasteiger charge is -2.33. The van der Waals surface area contributed by atoms with Gasteiger partial charge in [0, 0.05) is 18.2 Å². The Bertz CT molecular complexity index is 416. The first-order chi connectivity index (χ1) is 6.99. The van der Waals surface area contributed by atoms with Crippen LogP contribution in [0, 0.1) is 0 Å². The molecule has 0 saturated heterocycles. The molecule has 4 heteroatoms. The second-order valence-corrected chi connectivity index (χ2v) is 3.81. The zero-order chi connectivity index (χ0) is 11.2. The molecule has 15 heavy (non-hydrogen) atoms. The molecule has 0 fully saturated rings. The van der Waals surface area contributed by atoms with Gasteiger partial charge in [0.2, 0.25) is 0 Å². The summed E-state index contributed by atoms with van der Waals surface area (Å²) in [5.41, 5.74) is -0.691. The zero-order valence-electron chi connectivity index (χ0n) is 8.64. The van der Waals surface area contributed by atoms with Gasteiger partial charge in [-0.05, 0) is 13.0 Å². The first kappa shape index (κ1) is 10.1. The number of aliphatic hydroxyl groups excluding tert-OH is 1. The second kappa shape index (κ2) is 3.05. The van der Waals surface area contributed by atoms with E-state index in [0.29, 0.717) is 11.1 Å². The molecule has 1 amide bonds. The van der Waals surface area contributed by atoms with Gasteiger partial charge in [-0.3, -0.25) is 4.79 Å². The highest BCUT2D eigenvalue weighted by Gasteiger charge is 2.49. The Balaban J connectivity index is 2.66. The number of amides is 1. The van der Waals surface area contributed by atoms with Crippen molar-refractivity contribution in [3.05, 3.63) is 35.4 Å². The molecule has 0 radical (unpaired) electrons. The third kappa shape index (κ3) is 1.12. The van der Waals surface area contributed by atoms with Crippen LogP contribution in [0.25, 0.3) is 0 Å². The fraction of sp³-hybridized carbons (Fsp3) is 0.364. The van der Waals surface area contributed by atoms with E-state index in [1.807, 2.05) is 0 Å². The Hall–Kier alpha value is -1.39. The Morgan fingerprint density at radius 2 is 2.00 bits per heavy atom. The van der Waals surface area contributed by atoms with Gasteiger partial charge in [0.15, 0.2) is 5.72 Å². The minimum absolute atomic E-state index is 0.269. The van der Waals surface area contributed by atoms with Crippen molar-refractivity contribution in [3.8, 4) is 0 Å². The molecular weight excluding hydrogens is 194 g/mol. The molecule has 80 valence electrons. The fourth-order valence-electron chi connectivity index (χ4n) is 2.01. The van der Waals surface area contributed by atoms with Crippen LogP contribution in [-0.4, -0.2) is 34.2 Å². The molecule has 0 spiro atoms. The SMILES string of the molecule is CC(O)C1(O)c2ccccc2C(=O)N1C. The van der Waals surface area contributed by atoms with E-state index < -0.39 is 11.8 Å². The van der Waals surface area contributed by atoms with Gasteiger partial charge in [-0.25, -0.2) is 0 Å².